The average Bonchev–Trinajstić information content (AvgIpc) is 3.02. The van der Waals surface area contributed by atoms with Gasteiger partial charge in [-0.25, -0.2) is 9.97 Å². The standard InChI is InChI=1S/C14H16N4O2/c1-3-14(8-19)6-4-11(20-14)18-7-5-10-12(15)16-9(2)17-13(10)18/h1,5,7,11,19H,4,6,8H2,2H3,(H2,15,16,17)/t11-,14+/m1/s1. The van der Waals surface area contributed by atoms with Gasteiger partial charge in [-0.1, -0.05) is 5.92 Å². The molecule has 0 bridgehead atoms. The molecule has 2 aromatic heterocycles. The maximum Gasteiger partial charge on any atom is 0.153 e. The fourth-order valence-corrected chi connectivity index (χ4v) is 2.60. The summed E-state index contributed by atoms with van der Waals surface area (Å²) in [4.78, 5) is 8.56. The Kier molecular flexibility index (Phi) is 2.89. The van der Waals surface area contributed by atoms with Crippen molar-refractivity contribution < 1.29 is 9.84 Å². The molecule has 2 atom stereocenters. The van der Waals surface area contributed by atoms with Crippen molar-refractivity contribution in [3.8, 4) is 12.3 Å². The van der Waals surface area contributed by atoms with Crippen molar-refractivity contribution in [2.75, 3.05) is 12.3 Å². The van der Waals surface area contributed by atoms with E-state index in [1.807, 2.05) is 16.8 Å². The zero-order chi connectivity index (χ0) is 14.3. The maximum atomic E-state index is 9.41. The van der Waals surface area contributed by atoms with E-state index >= 15 is 0 Å². The molecule has 1 aliphatic rings. The van der Waals surface area contributed by atoms with Crippen LogP contribution in [0.2, 0.25) is 0 Å². The second-order valence-electron chi connectivity index (χ2n) is 5.02. The van der Waals surface area contributed by atoms with Crippen LogP contribution in [0.3, 0.4) is 0 Å². The first kappa shape index (κ1) is 12.9. The molecule has 0 unspecified atom stereocenters. The highest BCUT2D eigenvalue weighted by Gasteiger charge is 2.39. The van der Waals surface area contributed by atoms with Crippen LogP contribution in [-0.4, -0.2) is 31.8 Å². The van der Waals surface area contributed by atoms with Crippen LogP contribution in [0.1, 0.15) is 24.9 Å². The Morgan fingerprint density at radius 1 is 1.65 bits per heavy atom. The van der Waals surface area contributed by atoms with Crippen LogP contribution in [0.4, 0.5) is 5.82 Å². The van der Waals surface area contributed by atoms with Crippen molar-refractivity contribution in [3.63, 3.8) is 0 Å². The Bertz CT molecular complexity index is 703. The van der Waals surface area contributed by atoms with Crippen molar-refractivity contribution >= 4 is 16.9 Å². The SMILES string of the molecule is C#C[C@@]1(CO)CC[C@H](n2ccc3c(N)nc(C)nc32)O1. The fraction of sp³-hybridized carbons (Fsp3) is 0.429. The van der Waals surface area contributed by atoms with Crippen LogP contribution in [0, 0.1) is 19.3 Å². The normalized spacial score (nSPS) is 25.9. The van der Waals surface area contributed by atoms with Gasteiger partial charge in [-0.15, -0.1) is 6.42 Å². The summed E-state index contributed by atoms with van der Waals surface area (Å²) < 4.78 is 7.75. The van der Waals surface area contributed by atoms with Gasteiger partial charge in [0, 0.05) is 6.20 Å². The number of fused-ring (bicyclic) bond motifs is 1. The lowest BCUT2D eigenvalue weighted by atomic mass is 10.0. The summed E-state index contributed by atoms with van der Waals surface area (Å²) >= 11 is 0. The smallest absolute Gasteiger partial charge is 0.153 e. The number of anilines is 1. The van der Waals surface area contributed by atoms with E-state index < -0.39 is 5.60 Å². The Morgan fingerprint density at radius 3 is 3.10 bits per heavy atom. The van der Waals surface area contributed by atoms with E-state index in [9.17, 15) is 5.11 Å². The van der Waals surface area contributed by atoms with E-state index in [1.54, 1.807) is 6.92 Å². The molecule has 0 aromatic carbocycles. The molecular formula is C14H16N4O2. The van der Waals surface area contributed by atoms with Crippen molar-refractivity contribution in [1.29, 1.82) is 0 Å². The molecule has 6 nitrogen and oxygen atoms in total. The summed E-state index contributed by atoms with van der Waals surface area (Å²) in [6, 6.07) is 1.86. The zero-order valence-electron chi connectivity index (χ0n) is 11.2. The highest BCUT2D eigenvalue weighted by molar-refractivity contribution is 5.86. The Morgan fingerprint density at radius 2 is 2.45 bits per heavy atom. The third-order valence-electron chi connectivity index (χ3n) is 3.70. The first-order valence-electron chi connectivity index (χ1n) is 6.46. The molecule has 6 heteroatoms. The number of hydrogen-bond donors (Lipinski definition) is 2. The molecule has 3 heterocycles. The monoisotopic (exact) mass is 272 g/mol. The van der Waals surface area contributed by atoms with Gasteiger partial charge in [0.1, 0.15) is 23.5 Å². The van der Waals surface area contributed by atoms with Crippen LogP contribution in [0.5, 0.6) is 0 Å². The van der Waals surface area contributed by atoms with E-state index in [4.69, 9.17) is 16.9 Å². The molecule has 0 saturated carbocycles. The number of aromatic nitrogens is 3. The number of aliphatic hydroxyl groups is 1. The van der Waals surface area contributed by atoms with Gasteiger partial charge in [-0.2, -0.15) is 0 Å². The first-order valence-corrected chi connectivity index (χ1v) is 6.46. The van der Waals surface area contributed by atoms with Gasteiger partial charge >= 0.3 is 0 Å². The minimum absolute atomic E-state index is 0.185. The molecule has 2 aromatic rings. The number of nitrogen functional groups attached to an aromatic ring is 1. The number of ether oxygens (including phenoxy) is 1. The second-order valence-corrected chi connectivity index (χ2v) is 5.02. The highest BCUT2D eigenvalue weighted by atomic mass is 16.5. The summed E-state index contributed by atoms with van der Waals surface area (Å²) in [6.45, 7) is 1.61. The topological polar surface area (TPSA) is 86.2 Å². The quantitative estimate of drug-likeness (QED) is 0.796. The minimum atomic E-state index is -0.894. The molecule has 1 fully saturated rings. The number of terminal acetylenes is 1. The van der Waals surface area contributed by atoms with E-state index in [0.717, 1.165) is 17.5 Å². The van der Waals surface area contributed by atoms with Crippen LogP contribution < -0.4 is 5.73 Å². The number of nitrogens with two attached hydrogens (primary N) is 1. The number of nitrogens with zero attached hydrogens (tertiary/aromatic N) is 3. The van der Waals surface area contributed by atoms with Crippen LogP contribution in [0.25, 0.3) is 11.0 Å². The van der Waals surface area contributed by atoms with E-state index in [2.05, 4.69) is 15.9 Å². The third-order valence-corrected chi connectivity index (χ3v) is 3.70. The molecule has 1 saturated heterocycles. The average molecular weight is 272 g/mol. The molecule has 3 rings (SSSR count). The summed E-state index contributed by atoms with van der Waals surface area (Å²) in [6.07, 6.45) is 8.42. The highest BCUT2D eigenvalue weighted by Crippen LogP contribution is 2.37. The minimum Gasteiger partial charge on any atom is -0.392 e. The summed E-state index contributed by atoms with van der Waals surface area (Å²) in [5.41, 5.74) is 5.73. The summed E-state index contributed by atoms with van der Waals surface area (Å²) in [7, 11) is 0. The predicted octanol–water partition coefficient (Wildman–Crippen LogP) is 0.995. The maximum absolute atomic E-state index is 9.41. The second kappa shape index (κ2) is 4.47. The Balaban J connectivity index is 2.03. The van der Waals surface area contributed by atoms with Gasteiger partial charge in [0.15, 0.2) is 5.60 Å². The molecule has 0 spiro atoms. The van der Waals surface area contributed by atoms with Gasteiger partial charge in [0.25, 0.3) is 0 Å². The number of rotatable bonds is 2. The van der Waals surface area contributed by atoms with Crippen molar-refractivity contribution in [2.24, 2.45) is 0 Å². The van der Waals surface area contributed by atoms with Crippen molar-refractivity contribution in [3.05, 3.63) is 18.1 Å². The van der Waals surface area contributed by atoms with E-state index in [-0.39, 0.29) is 12.8 Å². The molecule has 104 valence electrons. The lowest BCUT2D eigenvalue weighted by Gasteiger charge is -2.21. The number of aliphatic hydroxyl groups excluding tert-OH is 1. The lowest BCUT2D eigenvalue weighted by Crippen LogP contribution is -2.31. The fourth-order valence-electron chi connectivity index (χ4n) is 2.60. The molecule has 1 aliphatic heterocycles. The summed E-state index contributed by atoms with van der Waals surface area (Å²) in [5, 5.41) is 10.2. The Labute approximate surface area is 116 Å². The molecule has 0 radical (unpaired) electrons. The molecule has 3 N–H and O–H groups in total. The van der Waals surface area contributed by atoms with Crippen molar-refractivity contribution in [2.45, 2.75) is 31.6 Å². The van der Waals surface area contributed by atoms with Crippen LogP contribution in [-0.2, 0) is 4.74 Å². The molecule has 0 aliphatic carbocycles. The number of aryl methyl sites for hydroxylation is 1. The predicted molar refractivity (Wildman–Crippen MR) is 74.7 cm³/mol. The van der Waals surface area contributed by atoms with Gasteiger partial charge in [0.05, 0.1) is 12.0 Å². The third kappa shape index (κ3) is 1.83. The molecular weight excluding hydrogens is 256 g/mol. The van der Waals surface area contributed by atoms with E-state index in [0.29, 0.717) is 18.1 Å². The number of hydrogen-bond acceptors (Lipinski definition) is 5. The van der Waals surface area contributed by atoms with Gasteiger partial charge in [-0.05, 0) is 25.8 Å². The first-order chi connectivity index (χ1) is 9.58. The van der Waals surface area contributed by atoms with Crippen LogP contribution >= 0.6 is 0 Å². The van der Waals surface area contributed by atoms with E-state index in [1.165, 1.54) is 0 Å². The van der Waals surface area contributed by atoms with Crippen LogP contribution in [0.15, 0.2) is 12.3 Å². The van der Waals surface area contributed by atoms with Gasteiger partial charge in [0.2, 0.25) is 0 Å². The van der Waals surface area contributed by atoms with Gasteiger partial charge in [-0.3, -0.25) is 0 Å². The summed E-state index contributed by atoms with van der Waals surface area (Å²) in [5.74, 6) is 3.61. The largest absolute Gasteiger partial charge is 0.392 e. The van der Waals surface area contributed by atoms with Gasteiger partial charge < -0.3 is 20.1 Å². The van der Waals surface area contributed by atoms with Crippen molar-refractivity contribution in [1.82, 2.24) is 14.5 Å². The zero-order valence-corrected chi connectivity index (χ0v) is 11.2. The lowest BCUT2D eigenvalue weighted by molar-refractivity contribution is -0.0615. The Hall–Kier alpha value is -2.10. The molecule has 20 heavy (non-hydrogen) atoms. The molecule has 0 amide bonds.